The van der Waals surface area contributed by atoms with Crippen molar-refractivity contribution < 1.29 is 18.1 Å². The molecular formula is C6H2BrF3N2O2. The van der Waals surface area contributed by atoms with Crippen LogP contribution in [0.25, 0.3) is 0 Å². The van der Waals surface area contributed by atoms with Gasteiger partial charge in [-0.25, -0.2) is 0 Å². The summed E-state index contributed by atoms with van der Waals surface area (Å²) in [7, 11) is 0. The molecule has 0 aromatic carbocycles. The van der Waals surface area contributed by atoms with E-state index in [-0.39, 0.29) is 4.47 Å². The number of hydrogen-bond acceptors (Lipinski definition) is 3. The van der Waals surface area contributed by atoms with Crippen molar-refractivity contribution in [1.29, 1.82) is 0 Å². The summed E-state index contributed by atoms with van der Waals surface area (Å²) in [5.41, 5.74) is -1.94. The maximum atomic E-state index is 12.1. The summed E-state index contributed by atoms with van der Waals surface area (Å²) >= 11 is 2.73. The molecule has 1 rings (SSSR count). The lowest BCUT2D eigenvalue weighted by atomic mass is 10.3. The Labute approximate surface area is 84.0 Å². The van der Waals surface area contributed by atoms with Crippen molar-refractivity contribution in [3.63, 3.8) is 0 Å². The molecule has 0 saturated carbocycles. The number of pyridine rings is 1. The Morgan fingerprint density at radius 2 is 2.07 bits per heavy atom. The average Bonchev–Trinajstić information content (AvgIpc) is 2.02. The normalized spacial score (nSPS) is 11.4. The van der Waals surface area contributed by atoms with Crippen LogP contribution in [-0.4, -0.2) is 9.91 Å². The molecule has 0 N–H and O–H groups in total. The van der Waals surface area contributed by atoms with Gasteiger partial charge in [-0.3, -0.25) is 15.1 Å². The highest BCUT2D eigenvalue weighted by molar-refractivity contribution is 9.10. The van der Waals surface area contributed by atoms with Gasteiger partial charge >= 0.3 is 6.18 Å². The van der Waals surface area contributed by atoms with Crippen molar-refractivity contribution in [2.45, 2.75) is 6.18 Å². The van der Waals surface area contributed by atoms with Gasteiger partial charge in [-0.15, -0.1) is 0 Å². The molecule has 4 nitrogen and oxygen atoms in total. The molecule has 1 aromatic rings. The fourth-order valence-electron chi connectivity index (χ4n) is 0.723. The average molecular weight is 271 g/mol. The van der Waals surface area contributed by atoms with Gasteiger partial charge in [0, 0.05) is 12.3 Å². The quantitative estimate of drug-likeness (QED) is 0.582. The lowest BCUT2D eigenvalue weighted by Crippen LogP contribution is -2.08. The van der Waals surface area contributed by atoms with E-state index in [4.69, 9.17) is 0 Å². The fourth-order valence-corrected chi connectivity index (χ4v) is 1.08. The monoisotopic (exact) mass is 270 g/mol. The first-order valence-corrected chi connectivity index (χ1v) is 3.99. The number of nitro groups is 1. The Hall–Kier alpha value is -1.18. The smallest absolute Gasteiger partial charge is 0.258 e. The molecule has 1 heterocycles. The molecule has 0 aliphatic heterocycles. The lowest BCUT2D eigenvalue weighted by Gasteiger charge is -2.04. The molecule has 0 unspecified atom stereocenters. The van der Waals surface area contributed by atoms with Crippen LogP contribution in [0.2, 0.25) is 0 Å². The molecule has 0 radical (unpaired) electrons. The molecule has 1 aromatic heterocycles. The van der Waals surface area contributed by atoms with Gasteiger partial charge < -0.3 is 0 Å². The molecule has 0 spiro atoms. The standard InChI is InChI=1S/C6H2BrF3N2O2/c7-3-2-11-5(6(8,9)10)1-4(3)12(13)14/h1-2H. The Kier molecular flexibility index (Phi) is 2.74. The zero-order valence-corrected chi connectivity index (χ0v) is 7.96. The van der Waals surface area contributed by atoms with E-state index in [1.54, 1.807) is 0 Å². The van der Waals surface area contributed by atoms with Crippen molar-refractivity contribution in [1.82, 2.24) is 4.98 Å². The van der Waals surface area contributed by atoms with Crippen molar-refractivity contribution in [3.8, 4) is 0 Å². The minimum absolute atomic E-state index is 0.0875. The molecule has 0 saturated heterocycles. The Morgan fingerprint density at radius 1 is 1.50 bits per heavy atom. The van der Waals surface area contributed by atoms with Gasteiger partial charge in [0.15, 0.2) is 5.69 Å². The van der Waals surface area contributed by atoms with Crippen molar-refractivity contribution in [3.05, 3.63) is 32.5 Å². The van der Waals surface area contributed by atoms with E-state index in [1.807, 2.05) is 0 Å². The van der Waals surface area contributed by atoms with Gasteiger partial charge in [-0.1, -0.05) is 0 Å². The third-order valence-corrected chi connectivity index (χ3v) is 1.93. The molecular weight excluding hydrogens is 269 g/mol. The van der Waals surface area contributed by atoms with Crippen molar-refractivity contribution >= 4 is 21.6 Å². The maximum Gasteiger partial charge on any atom is 0.433 e. The van der Waals surface area contributed by atoms with E-state index in [0.717, 1.165) is 6.20 Å². The molecule has 0 fully saturated rings. The lowest BCUT2D eigenvalue weighted by molar-refractivity contribution is -0.386. The van der Waals surface area contributed by atoms with Gasteiger partial charge in [-0.2, -0.15) is 13.2 Å². The number of alkyl halides is 3. The van der Waals surface area contributed by atoms with Crippen molar-refractivity contribution in [2.75, 3.05) is 0 Å². The SMILES string of the molecule is O=[N+]([O-])c1cc(C(F)(F)F)ncc1Br. The highest BCUT2D eigenvalue weighted by atomic mass is 79.9. The van der Waals surface area contributed by atoms with Crippen LogP contribution >= 0.6 is 15.9 Å². The topological polar surface area (TPSA) is 56.0 Å². The molecule has 0 atom stereocenters. The van der Waals surface area contributed by atoms with E-state index >= 15 is 0 Å². The van der Waals surface area contributed by atoms with Crippen LogP contribution in [0.5, 0.6) is 0 Å². The highest BCUT2D eigenvalue weighted by Crippen LogP contribution is 2.32. The van der Waals surface area contributed by atoms with Crippen LogP contribution in [0.3, 0.4) is 0 Å². The first-order chi connectivity index (χ1) is 6.32. The predicted molar refractivity (Wildman–Crippen MR) is 43.6 cm³/mol. The molecule has 0 bridgehead atoms. The predicted octanol–water partition coefficient (Wildman–Crippen LogP) is 2.77. The summed E-state index contributed by atoms with van der Waals surface area (Å²) in [6, 6.07) is 0.379. The molecule has 0 aliphatic rings. The minimum Gasteiger partial charge on any atom is -0.258 e. The van der Waals surface area contributed by atoms with E-state index < -0.39 is 22.5 Å². The second kappa shape index (κ2) is 3.52. The Bertz CT molecular complexity index is 380. The third-order valence-electron chi connectivity index (χ3n) is 1.32. The molecule has 76 valence electrons. The first kappa shape index (κ1) is 10.9. The molecule has 0 amide bonds. The van der Waals surface area contributed by atoms with Crippen molar-refractivity contribution in [2.24, 2.45) is 0 Å². The van der Waals surface area contributed by atoms with Crippen LogP contribution in [-0.2, 0) is 6.18 Å². The number of nitrogens with zero attached hydrogens (tertiary/aromatic N) is 2. The second-order valence-corrected chi connectivity index (χ2v) is 3.13. The van der Waals surface area contributed by atoms with E-state index in [1.165, 1.54) is 0 Å². The summed E-state index contributed by atoms with van der Waals surface area (Å²) in [4.78, 5) is 12.4. The molecule has 8 heteroatoms. The summed E-state index contributed by atoms with van der Waals surface area (Å²) < 4.78 is 36.1. The van der Waals surface area contributed by atoms with Gasteiger partial charge in [0.05, 0.1) is 4.92 Å². The Morgan fingerprint density at radius 3 is 2.50 bits per heavy atom. The van der Waals surface area contributed by atoms with Gasteiger partial charge in [-0.05, 0) is 15.9 Å². The number of halogens is 4. The zero-order valence-electron chi connectivity index (χ0n) is 6.38. The summed E-state index contributed by atoms with van der Waals surface area (Å²) in [6.07, 6.45) is -3.92. The Balaban J connectivity index is 3.27. The third kappa shape index (κ3) is 2.19. The van der Waals surface area contributed by atoms with Crippen LogP contribution < -0.4 is 0 Å². The van der Waals surface area contributed by atoms with Gasteiger partial charge in [0.2, 0.25) is 0 Å². The molecule has 0 aliphatic carbocycles. The minimum atomic E-state index is -4.68. The number of hydrogen-bond donors (Lipinski definition) is 0. The van der Waals surface area contributed by atoms with Gasteiger partial charge in [0.25, 0.3) is 5.69 Å². The van der Waals surface area contributed by atoms with E-state index in [2.05, 4.69) is 20.9 Å². The zero-order chi connectivity index (χ0) is 10.9. The van der Waals surface area contributed by atoms with Crippen LogP contribution in [0.15, 0.2) is 16.7 Å². The summed E-state index contributed by atoms with van der Waals surface area (Å²) in [6.45, 7) is 0. The van der Waals surface area contributed by atoms with Gasteiger partial charge in [0.1, 0.15) is 4.47 Å². The van der Waals surface area contributed by atoms with E-state index in [9.17, 15) is 23.3 Å². The highest BCUT2D eigenvalue weighted by Gasteiger charge is 2.34. The summed E-state index contributed by atoms with van der Waals surface area (Å²) in [5.74, 6) is 0. The summed E-state index contributed by atoms with van der Waals surface area (Å²) in [5, 5.41) is 10.3. The number of aromatic nitrogens is 1. The number of rotatable bonds is 1. The maximum absolute atomic E-state index is 12.1. The van der Waals surface area contributed by atoms with Crippen LogP contribution in [0, 0.1) is 10.1 Å². The fraction of sp³-hybridized carbons (Fsp3) is 0.167. The first-order valence-electron chi connectivity index (χ1n) is 3.19. The van der Waals surface area contributed by atoms with E-state index in [0.29, 0.717) is 6.07 Å². The molecule has 14 heavy (non-hydrogen) atoms. The van der Waals surface area contributed by atoms with Crippen LogP contribution in [0.1, 0.15) is 5.69 Å². The second-order valence-electron chi connectivity index (χ2n) is 2.28. The van der Waals surface area contributed by atoms with Crippen LogP contribution in [0.4, 0.5) is 18.9 Å². The largest absolute Gasteiger partial charge is 0.433 e.